The van der Waals surface area contributed by atoms with Crippen LogP contribution in [0.25, 0.3) is 0 Å². The van der Waals surface area contributed by atoms with E-state index < -0.39 is 12.1 Å². The summed E-state index contributed by atoms with van der Waals surface area (Å²) in [7, 11) is 0. The highest BCUT2D eigenvalue weighted by Crippen LogP contribution is 2.35. The van der Waals surface area contributed by atoms with E-state index in [1.54, 1.807) is 6.07 Å². The van der Waals surface area contributed by atoms with E-state index in [0.29, 0.717) is 24.7 Å². The van der Waals surface area contributed by atoms with Crippen molar-refractivity contribution in [2.24, 2.45) is 17.8 Å². The lowest BCUT2D eigenvalue weighted by molar-refractivity contribution is -0.206. The van der Waals surface area contributed by atoms with E-state index in [1.165, 1.54) is 44.2 Å². The molecule has 1 aromatic rings. The molecular formula is C22H28FNO2. The molecule has 1 aliphatic carbocycles. The first-order valence-corrected chi connectivity index (χ1v) is 9.73. The lowest BCUT2D eigenvalue weighted by Gasteiger charge is -2.32. The van der Waals surface area contributed by atoms with Crippen LogP contribution in [0, 0.1) is 34.9 Å². The van der Waals surface area contributed by atoms with Crippen molar-refractivity contribution in [2.75, 3.05) is 13.2 Å². The second kappa shape index (κ2) is 9.30. The van der Waals surface area contributed by atoms with Crippen molar-refractivity contribution in [3.05, 3.63) is 47.8 Å². The summed E-state index contributed by atoms with van der Waals surface area (Å²) in [6.45, 7) is 5.15. The van der Waals surface area contributed by atoms with Crippen LogP contribution in [0.5, 0.6) is 0 Å². The van der Waals surface area contributed by atoms with Gasteiger partial charge in [-0.05, 0) is 49.7 Å². The highest BCUT2D eigenvalue weighted by molar-refractivity contribution is 5.33. The minimum atomic E-state index is -0.525. The van der Waals surface area contributed by atoms with Gasteiger partial charge in [-0.3, -0.25) is 0 Å². The molecule has 4 heteroatoms. The minimum absolute atomic E-state index is 0.0465. The molecule has 140 valence electrons. The molecule has 3 nitrogen and oxygen atoms in total. The van der Waals surface area contributed by atoms with Gasteiger partial charge in [0, 0.05) is 11.5 Å². The first kappa shape index (κ1) is 19.1. The number of hydrogen-bond donors (Lipinski definition) is 0. The number of benzene rings is 1. The van der Waals surface area contributed by atoms with E-state index in [0.717, 1.165) is 24.7 Å². The van der Waals surface area contributed by atoms with Crippen LogP contribution in [0.1, 0.15) is 62.4 Å². The zero-order valence-corrected chi connectivity index (χ0v) is 15.3. The van der Waals surface area contributed by atoms with E-state index in [2.05, 4.69) is 12.7 Å². The largest absolute Gasteiger partial charge is 0.348 e. The first-order chi connectivity index (χ1) is 12.7. The number of halogens is 1. The Kier molecular flexibility index (Phi) is 6.82. The molecule has 0 aromatic heterocycles. The van der Waals surface area contributed by atoms with Gasteiger partial charge in [0.15, 0.2) is 6.29 Å². The van der Waals surface area contributed by atoms with Gasteiger partial charge in [0.05, 0.1) is 18.8 Å². The van der Waals surface area contributed by atoms with E-state index >= 15 is 0 Å². The standard InChI is InChI=1S/C22H28FNO2/c1-2-3-16-4-6-17(7-5-16)8-9-18-14-25-22(26-15-18)19-10-11-20(13-24)21(23)12-19/h2,10-12,16-18,22H,1,3-9,14-15H2. The molecule has 0 unspecified atom stereocenters. The molecule has 0 radical (unpaired) electrons. The highest BCUT2D eigenvalue weighted by Gasteiger charge is 2.26. The summed E-state index contributed by atoms with van der Waals surface area (Å²) in [6, 6.07) is 6.35. The Morgan fingerprint density at radius 2 is 1.73 bits per heavy atom. The summed E-state index contributed by atoms with van der Waals surface area (Å²) >= 11 is 0. The van der Waals surface area contributed by atoms with Crippen molar-refractivity contribution in [3.63, 3.8) is 0 Å². The van der Waals surface area contributed by atoms with Crippen LogP contribution in [0.2, 0.25) is 0 Å². The van der Waals surface area contributed by atoms with Gasteiger partial charge in [0.1, 0.15) is 11.9 Å². The SMILES string of the molecule is C=CCC1CCC(CCC2COC(c3ccc(C#N)c(F)c3)OC2)CC1. The van der Waals surface area contributed by atoms with E-state index in [4.69, 9.17) is 14.7 Å². The number of ether oxygens (including phenoxy) is 2. The average Bonchev–Trinajstić information content (AvgIpc) is 2.68. The normalized spacial score (nSPS) is 29.1. The molecule has 1 aromatic carbocycles. The Balaban J connectivity index is 1.40. The Labute approximate surface area is 155 Å². The lowest BCUT2D eigenvalue weighted by atomic mass is 9.78. The van der Waals surface area contributed by atoms with Crippen molar-refractivity contribution in [1.29, 1.82) is 5.26 Å². The Morgan fingerprint density at radius 1 is 1.08 bits per heavy atom. The zero-order chi connectivity index (χ0) is 18.4. The third kappa shape index (κ3) is 4.93. The maximum absolute atomic E-state index is 13.7. The number of allylic oxidation sites excluding steroid dienone is 1. The Bertz CT molecular complexity index is 638. The molecule has 3 rings (SSSR count). The van der Waals surface area contributed by atoms with Crippen molar-refractivity contribution in [2.45, 2.75) is 51.2 Å². The molecule has 0 spiro atoms. The molecule has 0 bridgehead atoms. The molecule has 2 aliphatic rings. The fourth-order valence-corrected chi connectivity index (χ4v) is 4.13. The summed E-state index contributed by atoms with van der Waals surface area (Å²) in [4.78, 5) is 0. The Morgan fingerprint density at radius 3 is 2.35 bits per heavy atom. The van der Waals surface area contributed by atoms with Crippen LogP contribution < -0.4 is 0 Å². The Hall–Kier alpha value is -1.70. The predicted molar refractivity (Wildman–Crippen MR) is 98.7 cm³/mol. The second-order valence-electron chi connectivity index (χ2n) is 7.70. The monoisotopic (exact) mass is 357 g/mol. The van der Waals surface area contributed by atoms with Crippen molar-refractivity contribution in [3.8, 4) is 6.07 Å². The van der Waals surface area contributed by atoms with Gasteiger partial charge in [-0.15, -0.1) is 6.58 Å². The van der Waals surface area contributed by atoms with Crippen LogP contribution in [0.15, 0.2) is 30.9 Å². The molecule has 1 saturated carbocycles. The molecule has 1 saturated heterocycles. The molecule has 0 amide bonds. The van der Waals surface area contributed by atoms with Gasteiger partial charge in [-0.2, -0.15) is 5.26 Å². The number of nitriles is 1. The fourth-order valence-electron chi connectivity index (χ4n) is 4.13. The molecule has 1 heterocycles. The molecule has 26 heavy (non-hydrogen) atoms. The number of hydrogen-bond acceptors (Lipinski definition) is 3. The van der Waals surface area contributed by atoms with Crippen LogP contribution in [0.4, 0.5) is 4.39 Å². The van der Waals surface area contributed by atoms with Crippen LogP contribution in [-0.4, -0.2) is 13.2 Å². The first-order valence-electron chi connectivity index (χ1n) is 9.73. The second-order valence-corrected chi connectivity index (χ2v) is 7.70. The highest BCUT2D eigenvalue weighted by atomic mass is 19.1. The van der Waals surface area contributed by atoms with E-state index in [-0.39, 0.29) is 5.56 Å². The molecule has 0 N–H and O–H groups in total. The van der Waals surface area contributed by atoms with Crippen molar-refractivity contribution < 1.29 is 13.9 Å². The summed E-state index contributed by atoms with van der Waals surface area (Å²) in [5, 5.41) is 8.81. The fraction of sp³-hybridized carbons (Fsp3) is 0.591. The third-order valence-electron chi connectivity index (χ3n) is 5.80. The summed E-state index contributed by atoms with van der Waals surface area (Å²) in [6.07, 6.45) is 10.4. The number of rotatable bonds is 6. The quantitative estimate of drug-likeness (QED) is 0.629. The van der Waals surface area contributed by atoms with Gasteiger partial charge in [-0.25, -0.2) is 4.39 Å². The number of nitrogens with zero attached hydrogens (tertiary/aromatic N) is 1. The maximum Gasteiger partial charge on any atom is 0.183 e. The van der Waals surface area contributed by atoms with E-state index in [1.807, 2.05) is 6.07 Å². The molecule has 1 aliphatic heterocycles. The van der Waals surface area contributed by atoms with Crippen LogP contribution >= 0.6 is 0 Å². The predicted octanol–water partition coefficient (Wildman–Crippen LogP) is 5.52. The topological polar surface area (TPSA) is 42.2 Å². The van der Waals surface area contributed by atoms with Crippen LogP contribution in [0.3, 0.4) is 0 Å². The molecule has 2 fully saturated rings. The summed E-state index contributed by atoms with van der Waals surface area (Å²) in [5.41, 5.74) is 0.686. The van der Waals surface area contributed by atoms with Crippen LogP contribution in [-0.2, 0) is 9.47 Å². The van der Waals surface area contributed by atoms with Gasteiger partial charge < -0.3 is 9.47 Å². The van der Waals surface area contributed by atoms with Gasteiger partial charge in [-0.1, -0.05) is 31.4 Å². The molecular weight excluding hydrogens is 329 g/mol. The van der Waals surface area contributed by atoms with Gasteiger partial charge in [0.25, 0.3) is 0 Å². The van der Waals surface area contributed by atoms with E-state index in [9.17, 15) is 4.39 Å². The zero-order valence-electron chi connectivity index (χ0n) is 15.3. The van der Waals surface area contributed by atoms with Crippen molar-refractivity contribution in [1.82, 2.24) is 0 Å². The van der Waals surface area contributed by atoms with Gasteiger partial charge in [0.2, 0.25) is 0 Å². The summed E-state index contributed by atoms with van der Waals surface area (Å²) in [5.74, 6) is 1.58. The van der Waals surface area contributed by atoms with Gasteiger partial charge >= 0.3 is 0 Å². The minimum Gasteiger partial charge on any atom is -0.348 e. The summed E-state index contributed by atoms with van der Waals surface area (Å²) < 4.78 is 25.4. The molecule has 0 atom stereocenters. The maximum atomic E-state index is 13.7. The third-order valence-corrected chi connectivity index (χ3v) is 5.80. The average molecular weight is 357 g/mol. The lowest BCUT2D eigenvalue weighted by Crippen LogP contribution is -2.28. The van der Waals surface area contributed by atoms with Crippen molar-refractivity contribution >= 4 is 0 Å². The smallest absolute Gasteiger partial charge is 0.183 e.